The van der Waals surface area contributed by atoms with Crippen molar-refractivity contribution in [2.24, 2.45) is 0 Å². The van der Waals surface area contributed by atoms with Crippen molar-refractivity contribution in [3.05, 3.63) is 104 Å². The highest BCUT2D eigenvalue weighted by atomic mass is 32.1. The Bertz CT molecular complexity index is 1550. The first-order chi connectivity index (χ1) is 15.0. The van der Waals surface area contributed by atoms with Crippen LogP contribution in [-0.2, 0) is 6.61 Å². The topological polar surface area (TPSA) is 43.6 Å². The number of nitrogens with zero attached hydrogens (tertiary/aromatic N) is 2. The molecule has 31 heavy (non-hydrogen) atoms. The van der Waals surface area contributed by atoms with Crippen molar-refractivity contribution in [2.75, 3.05) is 0 Å². The van der Waals surface area contributed by atoms with Crippen molar-refractivity contribution in [3.63, 3.8) is 0 Å². The summed E-state index contributed by atoms with van der Waals surface area (Å²) in [5.41, 5.74) is 5.38. The summed E-state index contributed by atoms with van der Waals surface area (Å²) in [6, 6.07) is 17.9. The second-order valence-corrected chi connectivity index (χ2v) is 8.54. The van der Waals surface area contributed by atoms with Crippen molar-refractivity contribution >= 4 is 33.4 Å². The number of para-hydroxylation sites is 1. The summed E-state index contributed by atoms with van der Waals surface area (Å²) in [6.07, 6.45) is 1.83. The SMILES string of the molecule is Cc1cc2nc3s/c(=C\c4ccccc4OCc4cccc(F)c4)c(=O)n3c2cc1C. The second kappa shape index (κ2) is 7.63. The van der Waals surface area contributed by atoms with E-state index < -0.39 is 0 Å². The van der Waals surface area contributed by atoms with Crippen LogP contribution in [-0.4, -0.2) is 9.38 Å². The van der Waals surface area contributed by atoms with Crippen molar-refractivity contribution in [1.29, 1.82) is 0 Å². The smallest absolute Gasteiger partial charge is 0.274 e. The monoisotopic (exact) mass is 430 g/mol. The van der Waals surface area contributed by atoms with Gasteiger partial charge in [-0.3, -0.25) is 4.79 Å². The molecule has 0 aliphatic rings. The summed E-state index contributed by atoms with van der Waals surface area (Å²) in [5.74, 6) is 0.338. The van der Waals surface area contributed by atoms with E-state index in [1.54, 1.807) is 10.5 Å². The first kappa shape index (κ1) is 19.5. The molecule has 0 unspecified atom stereocenters. The fraction of sp³-hybridized carbons (Fsp3) is 0.120. The van der Waals surface area contributed by atoms with Gasteiger partial charge in [-0.15, -0.1) is 0 Å². The quantitative estimate of drug-likeness (QED) is 0.412. The molecular formula is C25H19FN2O2S. The molecule has 0 N–H and O–H groups in total. The normalized spacial score (nSPS) is 12.2. The molecule has 5 rings (SSSR count). The minimum Gasteiger partial charge on any atom is -0.488 e. The predicted molar refractivity (Wildman–Crippen MR) is 122 cm³/mol. The summed E-state index contributed by atoms with van der Waals surface area (Å²) in [6.45, 7) is 4.31. The van der Waals surface area contributed by atoms with Crippen LogP contribution in [0.5, 0.6) is 5.75 Å². The molecular weight excluding hydrogens is 411 g/mol. The van der Waals surface area contributed by atoms with Crippen molar-refractivity contribution < 1.29 is 9.13 Å². The lowest BCUT2D eigenvalue weighted by atomic mass is 10.1. The molecule has 0 aliphatic carbocycles. The molecule has 4 nitrogen and oxygen atoms in total. The van der Waals surface area contributed by atoms with Gasteiger partial charge in [0.15, 0.2) is 4.96 Å². The van der Waals surface area contributed by atoms with Gasteiger partial charge in [0.2, 0.25) is 0 Å². The Labute approximate surface area is 181 Å². The molecule has 0 saturated carbocycles. The van der Waals surface area contributed by atoms with Crippen molar-refractivity contribution in [3.8, 4) is 5.75 Å². The predicted octanol–water partition coefficient (Wildman–Crippen LogP) is 4.79. The molecule has 0 amide bonds. The van der Waals surface area contributed by atoms with E-state index in [1.165, 1.54) is 23.5 Å². The number of ether oxygens (including phenoxy) is 1. The number of hydrogen-bond acceptors (Lipinski definition) is 4. The fourth-order valence-electron chi connectivity index (χ4n) is 3.58. The summed E-state index contributed by atoms with van der Waals surface area (Å²) < 4.78 is 21.6. The standard InChI is InChI=1S/C25H19FN2O2S/c1-15-10-20-21(11-16(15)2)28-24(29)23(31-25(28)27-20)13-18-7-3-4-9-22(18)30-14-17-6-5-8-19(26)12-17/h3-13H,14H2,1-2H3/b23-13-. The summed E-state index contributed by atoms with van der Waals surface area (Å²) >= 11 is 1.36. The van der Waals surface area contributed by atoms with Gasteiger partial charge in [-0.25, -0.2) is 13.8 Å². The van der Waals surface area contributed by atoms with Gasteiger partial charge >= 0.3 is 0 Å². The molecule has 2 aromatic heterocycles. The molecule has 0 saturated heterocycles. The second-order valence-electron chi connectivity index (χ2n) is 7.53. The maximum atomic E-state index is 13.4. The maximum absolute atomic E-state index is 13.4. The number of thiazole rings is 1. The Morgan fingerprint density at radius 1 is 1.06 bits per heavy atom. The highest BCUT2D eigenvalue weighted by Gasteiger charge is 2.13. The number of rotatable bonds is 4. The first-order valence-corrected chi connectivity index (χ1v) is 10.7. The van der Waals surface area contributed by atoms with E-state index in [2.05, 4.69) is 4.98 Å². The summed E-state index contributed by atoms with van der Waals surface area (Å²) in [5, 5.41) is 0. The number of hydrogen-bond donors (Lipinski definition) is 0. The zero-order valence-electron chi connectivity index (χ0n) is 17.1. The lowest BCUT2D eigenvalue weighted by Gasteiger charge is -2.09. The van der Waals surface area contributed by atoms with Gasteiger partial charge in [0.1, 0.15) is 18.2 Å². The van der Waals surface area contributed by atoms with Crippen LogP contribution >= 0.6 is 11.3 Å². The van der Waals surface area contributed by atoms with Gasteiger partial charge in [0.25, 0.3) is 5.56 Å². The number of aryl methyl sites for hydroxylation is 2. The largest absolute Gasteiger partial charge is 0.488 e. The van der Waals surface area contributed by atoms with E-state index in [9.17, 15) is 9.18 Å². The average molecular weight is 431 g/mol. The number of aromatic nitrogens is 2. The Kier molecular flexibility index (Phi) is 4.79. The Balaban J connectivity index is 1.56. The zero-order valence-corrected chi connectivity index (χ0v) is 17.9. The van der Waals surface area contributed by atoms with Crippen LogP contribution in [0.2, 0.25) is 0 Å². The van der Waals surface area contributed by atoms with E-state index in [0.717, 1.165) is 33.3 Å². The van der Waals surface area contributed by atoms with Crippen LogP contribution in [0.4, 0.5) is 4.39 Å². The Morgan fingerprint density at radius 2 is 1.87 bits per heavy atom. The van der Waals surface area contributed by atoms with Crippen molar-refractivity contribution in [2.45, 2.75) is 20.5 Å². The highest BCUT2D eigenvalue weighted by Crippen LogP contribution is 2.22. The van der Waals surface area contributed by atoms with Gasteiger partial charge in [-0.1, -0.05) is 41.7 Å². The third kappa shape index (κ3) is 3.59. The molecule has 2 heterocycles. The number of halogens is 1. The van der Waals surface area contributed by atoms with E-state index in [-0.39, 0.29) is 18.0 Å². The van der Waals surface area contributed by atoms with Crippen LogP contribution in [0.25, 0.3) is 22.1 Å². The molecule has 5 aromatic rings. The van der Waals surface area contributed by atoms with Gasteiger partial charge < -0.3 is 4.74 Å². The average Bonchev–Trinajstić information content (AvgIpc) is 3.24. The molecule has 0 bridgehead atoms. The van der Waals surface area contributed by atoms with Crippen LogP contribution in [0, 0.1) is 19.7 Å². The van der Waals surface area contributed by atoms with Crippen molar-refractivity contribution in [1.82, 2.24) is 9.38 Å². The van der Waals surface area contributed by atoms with Crippen LogP contribution in [0.1, 0.15) is 22.3 Å². The molecule has 154 valence electrons. The number of benzene rings is 3. The molecule has 3 aromatic carbocycles. The van der Waals surface area contributed by atoms with E-state index >= 15 is 0 Å². The summed E-state index contributed by atoms with van der Waals surface area (Å²) in [7, 11) is 0. The Morgan fingerprint density at radius 3 is 2.71 bits per heavy atom. The third-order valence-corrected chi connectivity index (χ3v) is 6.31. The van der Waals surface area contributed by atoms with E-state index in [0.29, 0.717) is 15.2 Å². The molecule has 6 heteroatoms. The fourth-order valence-corrected chi connectivity index (χ4v) is 4.56. The Hall–Kier alpha value is -3.51. The molecule has 0 radical (unpaired) electrons. The third-order valence-electron chi connectivity index (χ3n) is 5.34. The van der Waals surface area contributed by atoms with E-state index in [4.69, 9.17) is 4.74 Å². The molecule has 0 aliphatic heterocycles. The van der Waals surface area contributed by atoms with Gasteiger partial charge in [0, 0.05) is 5.56 Å². The highest BCUT2D eigenvalue weighted by molar-refractivity contribution is 7.15. The number of imidazole rings is 1. The summed E-state index contributed by atoms with van der Waals surface area (Å²) in [4.78, 5) is 18.5. The zero-order chi connectivity index (χ0) is 21.5. The lowest BCUT2D eigenvalue weighted by molar-refractivity contribution is 0.305. The number of fused-ring (bicyclic) bond motifs is 3. The van der Waals surface area contributed by atoms with E-state index in [1.807, 2.05) is 62.4 Å². The molecule has 0 fully saturated rings. The van der Waals surface area contributed by atoms with Crippen LogP contribution in [0.15, 0.2) is 65.5 Å². The van der Waals surface area contributed by atoms with Gasteiger partial charge in [-0.05, 0) is 66.9 Å². The minimum absolute atomic E-state index is 0.0920. The maximum Gasteiger partial charge on any atom is 0.274 e. The van der Waals surface area contributed by atoms with Gasteiger partial charge in [0.05, 0.1) is 15.6 Å². The minimum atomic E-state index is -0.295. The van der Waals surface area contributed by atoms with Crippen LogP contribution in [0.3, 0.4) is 0 Å². The lowest BCUT2D eigenvalue weighted by Crippen LogP contribution is -2.22. The molecule has 0 spiro atoms. The molecule has 0 atom stereocenters. The van der Waals surface area contributed by atoms with Crippen LogP contribution < -0.4 is 14.8 Å². The first-order valence-electron chi connectivity index (χ1n) is 9.90. The van der Waals surface area contributed by atoms with Gasteiger partial charge in [-0.2, -0.15) is 0 Å².